The van der Waals surface area contributed by atoms with Crippen LogP contribution in [-0.2, 0) is 14.3 Å². The van der Waals surface area contributed by atoms with Crippen LogP contribution in [0.5, 0.6) is 5.75 Å². The van der Waals surface area contributed by atoms with Gasteiger partial charge in [-0.05, 0) is 38.8 Å². The number of carbonyl (C=O) groups excluding carboxylic acids is 3. The first-order valence-corrected chi connectivity index (χ1v) is 8.40. The van der Waals surface area contributed by atoms with Crippen LogP contribution in [0.1, 0.15) is 49.9 Å². The van der Waals surface area contributed by atoms with E-state index in [9.17, 15) is 14.4 Å². The highest BCUT2D eigenvalue weighted by Crippen LogP contribution is 2.31. The molecule has 0 radical (unpaired) electrons. The fraction of sp³-hybridized carbons (Fsp3) is 0.500. The molecule has 136 valence electrons. The van der Waals surface area contributed by atoms with E-state index in [2.05, 4.69) is 10.6 Å². The van der Waals surface area contributed by atoms with Crippen LogP contribution in [-0.4, -0.2) is 37.0 Å². The van der Waals surface area contributed by atoms with Gasteiger partial charge in [-0.2, -0.15) is 0 Å². The number of anilines is 1. The third-order valence-corrected chi connectivity index (χ3v) is 3.83. The Balaban J connectivity index is 2.26. The molecular weight excluding hydrogens is 324 g/mol. The van der Waals surface area contributed by atoms with Gasteiger partial charge in [0.15, 0.2) is 5.75 Å². The average molecular weight is 348 g/mol. The van der Waals surface area contributed by atoms with Crippen LogP contribution in [0, 0.1) is 0 Å². The second-order valence-corrected chi connectivity index (χ2v) is 6.20. The van der Waals surface area contributed by atoms with E-state index >= 15 is 0 Å². The summed E-state index contributed by atoms with van der Waals surface area (Å²) in [6, 6.07) is 4.28. The summed E-state index contributed by atoms with van der Waals surface area (Å²) >= 11 is 0. The van der Waals surface area contributed by atoms with Crippen molar-refractivity contribution in [2.45, 2.75) is 51.7 Å². The lowest BCUT2D eigenvalue weighted by atomic mass is 10.1. The number of nitrogens with one attached hydrogen (secondary N) is 2. The Morgan fingerprint density at radius 3 is 2.72 bits per heavy atom. The lowest BCUT2D eigenvalue weighted by molar-refractivity contribution is -0.126. The number of ether oxygens (including phenoxy) is 2. The van der Waals surface area contributed by atoms with Gasteiger partial charge >= 0.3 is 5.97 Å². The van der Waals surface area contributed by atoms with E-state index in [0.717, 1.165) is 12.8 Å². The topological polar surface area (TPSA) is 93.7 Å². The highest BCUT2D eigenvalue weighted by atomic mass is 16.5. The van der Waals surface area contributed by atoms with Crippen molar-refractivity contribution in [3.63, 3.8) is 0 Å². The van der Waals surface area contributed by atoms with Crippen LogP contribution in [0.15, 0.2) is 18.2 Å². The minimum Gasteiger partial charge on any atom is -0.488 e. The molecule has 1 aliphatic rings. The Bertz CT molecular complexity index is 657. The second kappa shape index (κ2) is 8.50. The first kappa shape index (κ1) is 18.8. The van der Waals surface area contributed by atoms with Gasteiger partial charge in [0.2, 0.25) is 11.8 Å². The van der Waals surface area contributed by atoms with E-state index < -0.39 is 12.0 Å². The van der Waals surface area contributed by atoms with Gasteiger partial charge in [-0.3, -0.25) is 9.59 Å². The molecule has 1 heterocycles. The zero-order valence-corrected chi connectivity index (χ0v) is 14.8. The quantitative estimate of drug-likeness (QED) is 0.796. The van der Waals surface area contributed by atoms with E-state index in [4.69, 9.17) is 9.47 Å². The number of para-hydroxylation sites is 1. The Hall–Kier alpha value is -2.57. The molecule has 1 saturated heterocycles. The van der Waals surface area contributed by atoms with Gasteiger partial charge in [0.1, 0.15) is 11.6 Å². The number of hydrogen-bond donors (Lipinski definition) is 2. The number of benzene rings is 1. The van der Waals surface area contributed by atoms with Crippen LogP contribution in [0.25, 0.3) is 0 Å². The van der Waals surface area contributed by atoms with Crippen molar-refractivity contribution in [2.75, 3.05) is 12.4 Å². The minimum atomic E-state index is -0.594. The van der Waals surface area contributed by atoms with E-state index in [-0.39, 0.29) is 29.2 Å². The molecular formula is C18H24N2O5. The summed E-state index contributed by atoms with van der Waals surface area (Å²) in [4.78, 5) is 36.2. The molecule has 0 aliphatic carbocycles. The molecule has 1 aromatic rings. The summed E-state index contributed by atoms with van der Waals surface area (Å²) in [6.45, 7) is 3.65. The largest absolute Gasteiger partial charge is 0.488 e. The first-order valence-electron chi connectivity index (χ1n) is 8.40. The highest BCUT2D eigenvalue weighted by molar-refractivity contribution is 6.01. The van der Waals surface area contributed by atoms with Crippen LogP contribution in [0.2, 0.25) is 0 Å². The fourth-order valence-electron chi connectivity index (χ4n) is 2.66. The summed E-state index contributed by atoms with van der Waals surface area (Å²) < 4.78 is 10.5. The fourth-order valence-corrected chi connectivity index (χ4v) is 2.66. The molecule has 7 heteroatoms. The number of amides is 2. The van der Waals surface area contributed by atoms with Gasteiger partial charge < -0.3 is 20.1 Å². The van der Waals surface area contributed by atoms with Crippen LogP contribution < -0.4 is 15.4 Å². The number of hydrogen-bond acceptors (Lipinski definition) is 5. The molecule has 25 heavy (non-hydrogen) atoms. The van der Waals surface area contributed by atoms with Crippen molar-refractivity contribution >= 4 is 23.5 Å². The molecule has 2 N–H and O–H groups in total. The second-order valence-electron chi connectivity index (χ2n) is 6.20. The lowest BCUT2D eigenvalue weighted by Crippen LogP contribution is -2.42. The third-order valence-electron chi connectivity index (χ3n) is 3.83. The predicted octanol–water partition coefficient (Wildman–Crippen LogP) is 2.26. The van der Waals surface area contributed by atoms with Crippen molar-refractivity contribution in [1.29, 1.82) is 0 Å². The minimum absolute atomic E-state index is 0.125. The van der Waals surface area contributed by atoms with Crippen LogP contribution in [0.4, 0.5) is 5.69 Å². The molecule has 1 aromatic carbocycles. The Morgan fingerprint density at radius 1 is 1.28 bits per heavy atom. The van der Waals surface area contributed by atoms with Crippen molar-refractivity contribution in [3.8, 4) is 5.75 Å². The van der Waals surface area contributed by atoms with Gasteiger partial charge in [-0.1, -0.05) is 12.5 Å². The molecule has 0 aromatic heterocycles. The lowest BCUT2D eigenvalue weighted by Gasteiger charge is -2.20. The van der Waals surface area contributed by atoms with Crippen molar-refractivity contribution in [3.05, 3.63) is 23.8 Å². The van der Waals surface area contributed by atoms with Gasteiger partial charge in [0.25, 0.3) is 0 Å². The Morgan fingerprint density at radius 2 is 2.04 bits per heavy atom. The summed E-state index contributed by atoms with van der Waals surface area (Å²) in [5, 5.41) is 5.49. The van der Waals surface area contributed by atoms with Crippen LogP contribution >= 0.6 is 0 Å². The van der Waals surface area contributed by atoms with E-state index in [0.29, 0.717) is 18.5 Å². The molecule has 7 nitrogen and oxygen atoms in total. The Kier molecular flexibility index (Phi) is 6.38. The van der Waals surface area contributed by atoms with Crippen molar-refractivity contribution < 1.29 is 23.9 Å². The molecule has 1 unspecified atom stereocenters. The molecule has 0 bridgehead atoms. The number of methoxy groups -OCH3 is 1. The Labute approximate surface area is 147 Å². The first-order chi connectivity index (χ1) is 11.9. The number of rotatable bonds is 5. The smallest absolute Gasteiger partial charge is 0.341 e. The number of carbonyl (C=O) groups is 3. The van der Waals surface area contributed by atoms with E-state index in [1.54, 1.807) is 18.2 Å². The zero-order valence-electron chi connectivity index (χ0n) is 14.8. The van der Waals surface area contributed by atoms with E-state index in [1.165, 1.54) is 7.11 Å². The van der Waals surface area contributed by atoms with Crippen molar-refractivity contribution in [2.24, 2.45) is 0 Å². The third kappa shape index (κ3) is 4.95. The average Bonchev–Trinajstić information content (AvgIpc) is 2.79. The highest BCUT2D eigenvalue weighted by Gasteiger charge is 2.25. The maximum absolute atomic E-state index is 12.6. The normalized spacial score (nSPS) is 17.4. The summed E-state index contributed by atoms with van der Waals surface area (Å²) in [6.07, 6.45) is 2.39. The molecule has 1 atom stereocenters. The number of esters is 1. The molecule has 1 fully saturated rings. The van der Waals surface area contributed by atoms with Crippen molar-refractivity contribution in [1.82, 2.24) is 5.32 Å². The van der Waals surface area contributed by atoms with Gasteiger partial charge in [-0.15, -0.1) is 0 Å². The maximum atomic E-state index is 12.6. The molecule has 2 rings (SSSR count). The predicted molar refractivity (Wildman–Crippen MR) is 92.6 cm³/mol. The zero-order chi connectivity index (χ0) is 18.4. The standard InChI is InChI=1S/C18H24N2O5/c1-11(2)25-16-12(18(23)24-3)7-6-9-13(16)20-17(22)14-8-4-5-10-15(21)19-14/h6-7,9,11,14H,4-5,8,10H2,1-3H3,(H,19,21)(H,20,22). The van der Waals surface area contributed by atoms with Crippen LogP contribution in [0.3, 0.4) is 0 Å². The monoisotopic (exact) mass is 348 g/mol. The van der Waals surface area contributed by atoms with Gasteiger partial charge in [0.05, 0.1) is 18.9 Å². The molecule has 1 aliphatic heterocycles. The molecule has 2 amide bonds. The maximum Gasteiger partial charge on any atom is 0.341 e. The van der Waals surface area contributed by atoms with Gasteiger partial charge in [-0.25, -0.2) is 4.79 Å². The molecule has 0 saturated carbocycles. The summed E-state index contributed by atoms with van der Waals surface area (Å²) in [5.41, 5.74) is 0.610. The SMILES string of the molecule is COC(=O)c1cccc(NC(=O)C2CCCCC(=O)N2)c1OC(C)C. The summed E-state index contributed by atoms with van der Waals surface area (Å²) in [7, 11) is 1.29. The summed E-state index contributed by atoms with van der Waals surface area (Å²) in [5.74, 6) is -0.738. The molecule has 0 spiro atoms. The van der Waals surface area contributed by atoms with E-state index in [1.807, 2.05) is 13.8 Å². The van der Waals surface area contributed by atoms with Gasteiger partial charge in [0, 0.05) is 6.42 Å².